The number of benzene rings is 1. The first-order valence-corrected chi connectivity index (χ1v) is 9.58. The van der Waals surface area contributed by atoms with E-state index in [4.69, 9.17) is 0 Å². The van der Waals surface area contributed by atoms with Crippen LogP contribution in [0.15, 0.2) is 40.6 Å². The number of nitrogens with zero attached hydrogens (tertiary/aromatic N) is 2. The van der Waals surface area contributed by atoms with Gasteiger partial charge in [0, 0.05) is 31.1 Å². The number of carbonyl (C=O) groups is 2. The summed E-state index contributed by atoms with van der Waals surface area (Å²) >= 11 is 1.48. The Bertz CT molecular complexity index is 805. The Morgan fingerprint density at radius 2 is 1.62 bits per heavy atom. The van der Waals surface area contributed by atoms with Crippen molar-refractivity contribution in [2.45, 2.75) is 10.7 Å². The molecule has 1 aliphatic rings. The Morgan fingerprint density at radius 1 is 1.00 bits per heavy atom. The predicted octanol–water partition coefficient (Wildman–Crippen LogP) is 3.80. The summed E-state index contributed by atoms with van der Waals surface area (Å²) in [5, 5.41) is 1.61. The molecule has 1 fully saturated rings. The summed E-state index contributed by atoms with van der Waals surface area (Å²) in [7, 11) is 0. The summed E-state index contributed by atoms with van der Waals surface area (Å²) in [5.41, 5.74) is 0.00107. The van der Waals surface area contributed by atoms with Gasteiger partial charge in [0.25, 0.3) is 17.6 Å². The van der Waals surface area contributed by atoms with Crippen molar-refractivity contribution in [1.82, 2.24) is 9.80 Å². The fraction of sp³-hybridized carbons (Fsp3) is 0.294. The molecular weight excluding hydrogens is 385 g/mol. The lowest BCUT2D eigenvalue weighted by Gasteiger charge is -2.34. The first-order valence-electron chi connectivity index (χ1n) is 7.82. The molecule has 0 unspecified atom stereocenters. The number of hydrogen-bond donors (Lipinski definition) is 0. The van der Waals surface area contributed by atoms with Crippen molar-refractivity contribution < 1.29 is 22.8 Å². The maximum absolute atomic E-state index is 13.8. The molecule has 0 saturated carbocycles. The summed E-state index contributed by atoms with van der Waals surface area (Å²) in [6.07, 6.45) is 0. The van der Waals surface area contributed by atoms with E-state index in [9.17, 15) is 22.8 Å². The summed E-state index contributed by atoms with van der Waals surface area (Å²) in [6, 6.07) is 7.27. The molecule has 1 aromatic heterocycles. The molecule has 0 aliphatic carbocycles. The third-order valence-corrected chi connectivity index (χ3v) is 5.80. The minimum Gasteiger partial charge on any atom is -0.335 e. The lowest BCUT2D eigenvalue weighted by atomic mass is 10.1. The molecule has 0 N–H and O–H groups in total. The Kier molecular flexibility index (Phi) is 5.87. The largest absolute Gasteiger partial charge is 0.335 e. The zero-order valence-corrected chi connectivity index (χ0v) is 15.2. The van der Waals surface area contributed by atoms with E-state index in [2.05, 4.69) is 0 Å². The Labute approximate surface area is 156 Å². The zero-order valence-electron chi connectivity index (χ0n) is 13.5. The van der Waals surface area contributed by atoms with E-state index in [0.717, 1.165) is 11.3 Å². The van der Waals surface area contributed by atoms with Crippen LogP contribution in [0.2, 0.25) is 0 Å². The summed E-state index contributed by atoms with van der Waals surface area (Å²) in [5.74, 6) is -3.91. The highest BCUT2D eigenvalue weighted by atomic mass is 32.2. The monoisotopic (exact) mass is 400 g/mol. The van der Waals surface area contributed by atoms with Gasteiger partial charge in [-0.3, -0.25) is 9.59 Å². The number of thioether (sulfide) groups is 1. The quantitative estimate of drug-likeness (QED) is 0.733. The zero-order chi connectivity index (χ0) is 18.7. The molecule has 4 nitrogen and oxygen atoms in total. The normalized spacial score (nSPS) is 14.8. The van der Waals surface area contributed by atoms with Crippen molar-refractivity contribution in [3.05, 3.63) is 52.0 Å². The van der Waals surface area contributed by atoms with Gasteiger partial charge in [-0.05, 0) is 23.6 Å². The third-order valence-electron chi connectivity index (χ3n) is 4.00. The number of thiophene rings is 1. The highest BCUT2D eigenvalue weighted by molar-refractivity contribution is 7.99. The highest BCUT2D eigenvalue weighted by Crippen LogP contribution is 2.33. The summed E-state index contributed by atoms with van der Waals surface area (Å²) in [4.78, 5) is 28.5. The number of hydrogen-bond acceptors (Lipinski definition) is 4. The highest BCUT2D eigenvalue weighted by Gasteiger charge is 2.28. The molecule has 1 aliphatic heterocycles. The fourth-order valence-electron chi connectivity index (χ4n) is 2.70. The number of alkyl halides is 2. The average Bonchev–Trinajstić information content (AvgIpc) is 3.08. The van der Waals surface area contributed by atoms with Gasteiger partial charge in [-0.15, -0.1) is 11.3 Å². The number of rotatable bonds is 4. The Balaban J connectivity index is 1.64. The summed E-state index contributed by atoms with van der Waals surface area (Å²) < 4.78 is 38.9. The second kappa shape index (κ2) is 8.13. The van der Waals surface area contributed by atoms with E-state index >= 15 is 0 Å². The minimum atomic E-state index is -2.59. The van der Waals surface area contributed by atoms with Gasteiger partial charge >= 0.3 is 0 Å². The van der Waals surface area contributed by atoms with Crippen molar-refractivity contribution in [1.29, 1.82) is 0 Å². The van der Waals surface area contributed by atoms with Gasteiger partial charge < -0.3 is 9.80 Å². The van der Waals surface area contributed by atoms with Gasteiger partial charge in [0.2, 0.25) is 0 Å². The van der Waals surface area contributed by atoms with Crippen LogP contribution in [0, 0.1) is 5.82 Å². The SMILES string of the molecule is O=C(c1ccccc1F)N1CCN(C(=O)c2sccc2SC(F)F)CC1. The minimum absolute atomic E-state index is 0.00107. The lowest BCUT2D eigenvalue weighted by molar-refractivity contribution is 0.0533. The van der Waals surface area contributed by atoms with Crippen LogP contribution in [-0.2, 0) is 0 Å². The van der Waals surface area contributed by atoms with Gasteiger partial charge in [0.05, 0.1) is 5.56 Å². The predicted molar refractivity (Wildman–Crippen MR) is 94.4 cm³/mol. The molecule has 1 aromatic carbocycles. The maximum Gasteiger partial charge on any atom is 0.288 e. The van der Waals surface area contributed by atoms with Gasteiger partial charge in [0.1, 0.15) is 10.7 Å². The number of piperazine rings is 1. The smallest absolute Gasteiger partial charge is 0.288 e. The molecule has 0 radical (unpaired) electrons. The lowest BCUT2D eigenvalue weighted by Crippen LogP contribution is -2.50. The van der Waals surface area contributed by atoms with Crippen molar-refractivity contribution in [3.8, 4) is 0 Å². The van der Waals surface area contributed by atoms with E-state index in [1.807, 2.05) is 0 Å². The standard InChI is InChI=1S/C17H15F3N2O2S2/c18-12-4-2-1-3-11(12)15(23)21-6-8-22(9-7-21)16(24)14-13(5-10-25-14)26-17(19)20/h1-5,10,17H,6-9H2. The van der Waals surface area contributed by atoms with E-state index in [1.54, 1.807) is 11.4 Å². The van der Waals surface area contributed by atoms with Crippen molar-refractivity contribution in [2.75, 3.05) is 26.2 Å². The first-order chi connectivity index (χ1) is 12.5. The topological polar surface area (TPSA) is 40.6 Å². The Morgan fingerprint density at radius 3 is 2.23 bits per heavy atom. The van der Waals surface area contributed by atoms with Gasteiger partial charge in [-0.2, -0.15) is 8.78 Å². The van der Waals surface area contributed by atoms with Crippen LogP contribution in [0.4, 0.5) is 13.2 Å². The van der Waals surface area contributed by atoms with Crippen LogP contribution in [0.3, 0.4) is 0 Å². The molecule has 0 spiro atoms. The van der Waals surface area contributed by atoms with Gasteiger partial charge in [-0.25, -0.2) is 4.39 Å². The molecule has 0 bridgehead atoms. The van der Waals surface area contributed by atoms with Gasteiger partial charge in [-0.1, -0.05) is 23.9 Å². The number of halogens is 3. The third kappa shape index (κ3) is 4.04. The molecule has 0 atom stereocenters. The molecule has 2 heterocycles. The average molecular weight is 400 g/mol. The second-order valence-electron chi connectivity index (χ2n) is 5.56. The van der Waals surface area contributed by atoms with E-state index < -0.39 is 17.5 Å². The van der Waals surface area contributed by atoms with Crippen LogP contribution in [0.5, 0.6) is 0 Å². The second-order valence-corrected chi connectivity index (χ2v) is 7.50. The van der Waals surface area contributed by atoms with Crippen molar-refractivity contribution in [2.24, 2.45) is 0 Å². The fourth-order valence-corrected chi connectivity index (χ4v) is 4.37. The molecule has 3 rings (SSSR count). The van der Waals surface area contributed by atoms with Crippen LogP contribution in [0.25, 0.3) is 0 Å². The molecule has 2 amide bonds. The molecule has 138 valence electrons. The molecule has 9 heteroatoms. The van der Waals surface area contributed by atoms with Crippen molar-refractivity contribution in [3.63, 3.8) is 0 Å². The van der Waals surface area contributed by atoms with Crippen LogP contribution < -0.4 is 0 Å². The van der Waals surface area contributed by atoms with Crippen LogP contribution in [-0.4, -0.2) is 53.6 Å². The molecule has 2 aromatic rings. The summed E-state index contributed by atoms with van der Waals surface area (Å²) in [6.45, 7) is 1.08. The van der Waals surface area contributed by atoms with Crippen LogP contribution >= 0.6 is 23.1 Å². The molecule has 1 saturated heterocycles. The van der Waals surface area contributed by atoms with E-state index in [-0.39, 0.29) is 47.4 Å². The maximum atomic E-state index is 13.8. The van der Waals surface area contributed by atoms with Gasteiger partial charge in [0.15, 0.2) is 0 Å². The van der Waals surface area contributed by atoms with E-state index in [0.29, 0.717) is 11.8 Å². The van der Waals surface area contributed by atoms with Crippen molar-refractivity contribution >= 4 is 34.9 Å². The van der Waals surface area contributed by atoms with E-state index in [1.165, 1.54) is 34.1 Å². The number of carbonyl (C=O) groups excluding carboxylic acids is 2. The first kappa shape index (κ1) is 18.8. The number of amides is 2. The van der Waals surface area contributed by atoms with Crippen LogP contribution in [0.1, 0.15) is 20.0 Å². The Hall–Kier alpha value is -2.00. The molecule has 26 heavy (non-hydrogen) atoms. The molecular formula is C17H15F3N2O2S2.